The lowest BCUT2D eigenvalue weighted by atomic mass is 9.81. The molecule has 0 saturated carbocycles. The van der Waals surface area contributed by atoms with Crippen LogP contribution in [0, 0.1) is 5.82 Å². The highest BCUT2D eigenvalue weighted by atomic mass is 19.1. The molecule has 0 saturated heterocycles. The van der Waals surface area contributed by atoms with Crippen LogP contribution in [0.3, 0.4) is 0 Å². The second-order valence-electron chi connectivity index (χ2n) is 5.29. The minimum Gasteiger partial charge on any atom is -0.477 e. The van der Waals surface area contributed by atoms with E-state index in [1.165, 1.54) is 12.1 Å². The first-order valence-electron chi connectivity index (χ1n) is 6.74. The number of hydrogen-bond acceptors (Lipinski definition) is 3. The van der Waals surface area contributed by atoms with Gasteiger partial charge in [0, 0.05) is 17.7 Å². The molecule has 0 fully saturated rings. The number of carbonyl (C=O) groups is 2. The number of ketones is 1. The standard InChI is InChI=1S/C16H12FNO4/c17-10-3-1-8(2-4-10)9-5-13-11(14(19)6-9)7-12(16(21)22)15(20)18-13/h1-4,7,9H,5-6H2,(H,18,20)(H,21,22)/t9-/m0/s1. The summed E-state index contributed by atoms with van der Waals surface area (Å²) in [5, 5.41) is 8.94. The Morgan fingerprint density at radius 1 is 1.18 bits per heavy atom. The Labute approximate surface area is 124 Å². The van der Waals surface area contributed by atoms with E-state index in [0.717, 1.165) is 11.6 Å². The molecule has 1 atom stereocenters. The number of carboxylic acids is 1. The number of hydrogen-bond donors (Lipinski definition) is 2. The number of carbonyl (C=O) groups excluding carboxylic acids is 1. The number of halogens is 1. The van der Waals surface area contributed by atoms with Crippen LogP contribution in [0.2, 0.25) is 0 Å². The lowest BCUT2D eigenvalue weighted by Gasteiger charge is -2.23. The van der Waals surface area contributed by atoms with E-state index < -0.39 is 17.1 Å². The van der Waals surface area contributed by atoms with Crippen molar-refractivity contribution in [3.05, 3.63) is 68.9 Å². The van der Waals surface area contributed by atoms with Gasteiger partial charge in [0.05, 0.1) is 0 Å². The molecule has 112 valence electrons. The molecule has 0 bridgehead atoms. The van der Waals surface area contributed by atoms with Crippen LogP contribution in [-0.2, 0) is 6.42 Å². The number of benzene rings is 1. The molecule has 0 amide bonds. The summed E-state index contributed by atoms with van der Waals surface area (Å²) >= 11 is 0. The quantitative estimate of drug-likeness (QED) is 0.889. The molecule has 3 rings (SSSR count). The number of aromatic carboxylic acids is 1. The molecule has 0 unspecified atom stereocenters. The van der Waals surface area contributed by atoms with E-state index in [-0.39, 0.29) is 29.5 Å². The summed E-state index contributed by atoms with van der Waals surface area (Å²) in [5.74, 6) is -2.11. The number of Topliss-reactive ketones (excluding diaryl/α,β-unsaturated/α-hetero) is 1. The van der Waals surface area contributed by atoms with Crippen LogP contribution in [0.4, 0.5) is 4.39 Å². The first kappa shape index (κ1) is 14.2. The highest BCUT2D eigenvalue weighted by molar-refractivity contribution is 6.00. The van der Waals surface area contributed by atoms with E-state index in [1.807, 2.05) is 0 Å². The summed E-state index contributed by atoms with van der Waals surface area (Å²) in [6.07, 6.45) is 0.603. The van der Waals surface area contributed by atoms with Crippen molar-refractivity contribution >= 4 is 11.8 Å². The second kappa shape index (κ2) is 5.22. The van der Waals surface area contributed by atoms with E-state index in [1.54, 1.807) is 12.1 Å². The Balaban J connectivity index is 2.01. The predicted octanol–water partition coefficient (Wildman–Crippen LogP) is 2.12. The number of H-pyrrole nitrogens is 1. The van der Waals surface area contributed by atoms with E-state index in [9.17, 15) is 18.8 Å². The number of carboxylic acid groups (broad SMARTS) is 1. The van der Waals surface area contributed by atoms with Crippen molar-refractivity contribution < 1.29 is 19.1 Å². The zero-order valence-corrected chi connectivity index (χ0v) is 11.4. The van der Waals surface area contributed by atoms with Gasteiger partial charge in [0.15, 0.2) is 5.78 Å². The smallest absolute Gasteiger partial charge is 0.341 e. The summed E-state index contributed by atoms with van der Waals surface area (Å²) in [5.41, 5.74) is 0.325. The summed E-state index contributed by atoms with van der Waals surface area (Å²) in [7, 11) is 0. The minimum atomic E-state index is -1.36. The minimum absolute atomic E-state index is 0.160. The molecular formula is C16H12FNO4. The van der Waals surface area contributed by atoms with Crippen molar-refractivity contribution in [2.45, 2.75) is 18.8 Å². The average molecular weight is 301 g/mol. The lowest BCUT2D eigenvalue weighted by Crippen LogP contribution is -2.27. The van der Waals surface area contributed by atoms with Crippen LogP contribution in [0.5, 0.6) is 0 Å². The van der Waals surface area contributed by atoms with Gasteiger partial charge in [0.25, 0.3) is 5.56 Å². The van der Waals surface area contributed by atoms with Gasteiger partial charge in [0.2, 0.25) is 0 Å². The molecule has 2 aromatic rings. The van der Waals surface area contributed by atoms with Gasteiger partial charge in [-0.3, -0.25) is 9.59 Å². The maximum Gasteiger partial charge on any atom is 0.341 e. The highest BCUT2D eigenvalue weighted by Crippen LogP contribution is 2.31. The van der Waals surface area contributed by atoms with Gasteiger partial charge >= 0.3 is 5.97 Å². The Kier molecular flexibility index (Phi) is 3.36. The van der Waals surface area contributed by atoms with Crippen molar-refractivity contribution in [1.29, 1.82) is 0 Å². The van der Waals surface area contributed by atoms with E-state index >= 15 is 0 Å². The van der Waals surface area contributed by atoms with Crippen LogP contribution >= 0.6 is 0 Å². The van der Waals surface area contributed by atoms with Crippen molar-refractivity contribution in [3.63, 3.8) is 0 Å². The number of aromatic nitrogens is 1. The third kappa shape index (κ3) is 2.43. The Hall–Kier alpha value is -2.76. The molecule has 1 heterocycles. The summed E-state index contributed by atoms with van der Waals surface area (Å²) in [4.78, 5) is 37.4. The van der Waals surface area contributed by atoms with Gasteiger partial charge in [-0.1, -0.05) is 12.1 Å². The molecule has 0 aliphatic heterocycles. The fourth-order valence-corrected chi connectivity index (χ4v) is 2.76. The normalized spacial score (nSPS) is 17.1. The number of aromatic amines is 1. The molecule has 6 heteroatoms. The lowest BCUT2D eigenvalue weighted by molar-refractivity contribution is 0.0695. The number of rotatable bonds is 2. The fourth-order valence-electron chi connectivity index (χ4n) is 2.76. The SMILES string of the molecule is O=C1C[C@@H](c2ccc(F)cc2)Cc2[nH]c(=O)c(C(=O)O)cc21. The second-order valence-corrected chi connectivity index (χ2v) is 5.29. The van der Waals surface area contributed by atoms with Gasteiger partial charge in [0.1, 0.15) is 11.4 Å². The van der Waals surface area contributed by atoms with E-state index in [4.69, 9.17) is 5.11 Å². The van der Waals surface area contributed by atoms with Crippen LogP contribution in [0.25, 0.3) is 0 Å². The van der Waals surface area contributed by atoms with Gasteiger partial charge in [-0.2, -0.15) is 0 Å². The first-order chi connectivity index (χ1) is 10.5. The highest BCUT2D eigenvalue weighted by Gasteiger charge is 2.28. The topological polar surface area (TPSA) is 87.2 Å². The van der Waals surface area contributed by atoms with Crippen molar-refractivity contribution in [1.82, 2.24) is 4.98 Å². The number of nitrogens with one attached hydrogen (secondary N) is 1. The molecule has 1 aromatic heterocycles. The molecule has 1 aliphatic rings. The molecule has 1 aliphatic carbocycles. The summed E-state index contributed by atoms with van der Waals surface area (Å²) in [6, 6.07) is 7.01. The molecule has 2 N–H and O–H groups in total. The third-order valence-corrected chi connectivity index (χ3v) is 3.88. The van der Waals surface area contributed by atoms with Crippen LogP contribution < -0.4 is 5.56 Å². The monoisotopic (exact) mass is 301 g/mol. The predicted molar refractivity (Wildman–Crippen MR) is 75.8 cm³/mol. The van der Waals surface area contributed by atoms with Crippen LogP contribution in [-0.4, -0.2) is 21.8 Å². The van der Waals surface area contributed by atoms with Crippen LogP contribution in [0.15, 0.2) is 35.1 Å². The van der Waals surface area contributed by atoms with Gasteiger partial charge in [-0.25, -0.2) is 9.18 Å². The summed E-state index contributed by atoms with van der Waals surface area (Å²) < 4.78 is 13.0. The maximum absolute atomic E-state index is 13.0. The maximum atomic E-state index is 13.0. The Morgan fingerprint density at radius 2 is 1.86 bits per heavy atom. The van der Waals surface area contributed by atoms with Gasteiger partial charge in [-0.05, 0) is 36.1 Å². The molecule has 22 heavy (non-hydrogen) atoms. The third-order valence-electron chi connectivity index (χ3n) is 3.88. The van der Waals surface area contributed by atoms with Crippen molar-refractivity contribution in [3.8, 4) is 0 Å². The van der Waals surface area contributed by atoms with E-state index in [0.29, 0.717) is 12.1 Å². The Morgan fingerprint density at radius 3 is 2.50 bits per heavy atom. The molecule has 0 radical (unpaired) electrons. The average Bonchev–Trinajstić information content (AvgIpc) is 2.46. The molecule has 5 nitrogen and oxygen atoms in total. The van der Waals surface area contributed by atoms with Crippen molar-refractivity contribution in [2.75, 3.05) is 0 Å². The molecule has 1 aromatic carbocycles. The number of pyridine rings is 1. The fraction of sp³-hybridized carbons (Fsp3) is 0.188. The zero-order chi connectivity index (χ0) is 15.9. The van der Waals surface area contributed by atoms with Gasteiger partial charge in [-0.15, -0.1) is 0 Å². The Bertz CT molecular complexity index is 823. The largest absolute Gasteiger partial charge is 0.477 e. The van der Waals surface area contributed by atoms with Crippen molar-refractivity contribution in [2.24, 2.45) is 0 Å². The number of fused-ring (bicyclic) bond motifs is 1. The van der Waals surface area contributed by atoms with E-state index in [2.05, 4.69) is 4.98 Å². The molecular weight excluding hydrogens is 289 g/mol. The first-order valence-corrected chi connectivity index (χ1v) is 6.74. The summed E-state index contributed by atoms with van der Waals surface area (Å²) in [6.45, 7) is 0. The molecule has 0 spiro atoms. The van der Waals surface area contributed by atoms with Gasteiger partial charge < -0.3 is 10.1 Å². The van der Waals surface area contributed by atoms with Crippen LogP contribution in [0.1, 0.15) is 44.3 Å². The zero-order valence-electron chi connectivity index (χ0n) is 11.4.